The zero-order valence-corrected chi connectivity index (χ0v) is 15.4. The first-order chi connectivity index (χ1) is 12.8. The highest BCUT2D eigenvalue weighted by Gasteiger charge is 2.36. The second-order valence-electron chi connectivity index (χ2n) is 8.04. The molecule has 0 spiro atoms. The molecule has 2 unspecified atom stereocenters. The van der Waals surface area contributed by atoms with Gasteiger partial charge in [-0.3, -0.25) is 9.89 Å². The molecule has 2 aliphatic heterocycles. The Morgan fingerprint density at radius 3 is 2.96 bits per heavy atom. The van der Waals surface area contributed by atoms with Gasteiger partial charge in [0.25, 0.3) is 0 Å². The van der Waals surface area contributed by atoms with Crippen LogP contribution >= 0.6 is 0 Å². The van der Waals surface area contributed by atoms with E-state index in [4.69, 9.17) is 9.40 Å². The molecule has 26 heavy (non-hydrogen) atoms. The van der Waals surface area contributed by atoms with Crippen LogP contribution in [-0.4, -0.2) is 33.7 Å². The molecule has 4 heterocycles. The number of hydrogen-bond acceptors (Lipinski definition) is 5. The maximum Gasteiger partial charge on any atom is 0.173 e. The van der Waals surface area contributed by atoms with Crippen LogP contribution in [0.2, 0.25) is 0 Å². The minimum atomic E-state index is 0.653. The number of fused-ring (bicyclic) bond motifs is 1. The van der Waals surface area contributed by atoms with E-state index in [9.17, 15) is 0 Å². The lowest BCUT2D eigenvalue weighted by molar-refractivity contribution is 0.221. The number of aromatic nitrogens is 2. The van der Waals surface area contributed by atoms with Crippen LogP contribution < -0.4 is 0 Å². The van der Waals surface area contributed by atoms with E-state index in [0.717, 1.165) is 62.2 Å². The molecule has 1 saturated carbocycles. The largest absolute Gasteiger partial charge is 0.464 e. The van der Waals surface area contributed by atoms with Gasteiger partial charge in [0.05, 0.1) is 18.0 Å². The van der Waals surface area contributed by atoms with Gasteiger partial charge in [-0.15, -0.1) is 0 Å². The summed E-state index contributed by atoms with van der Waals surface area (Å²) in [5.41, 5.74) is 3.55. The fourth-order valence-corrected chi connectivity index (χ4v) is 4.15. The lowest BCUT2D eigenvalue weighted by atomic mass is 10.1. The van der Waals surface area contributed by atoms with Crippen molar-refractivity contribution in [3.63, 3.8) is 0 Å². The summed E-state index contributed by atoms with van der Waals surface area (Å²) >= 11 is 0. The average Bonchev–Trinajstić information content (AvgIpc) is 3.23. The van der Waals surface area contributed by atoms with Gasteiger partial charge in [0.1, 0.15) is 11.5 Å². The van der Waals surface area contributed by atoms with E-state index in [2.05, 4.69) is 33.9 Å². The predicted molar refractivity (Wildman–Crippen MR) is 100 cm³/mol. The molecule has 0 radical (unpaired) electrons. The van der Waals surface area contributed by atoms with E-state index in [0.29, 0.717) is 5.92 Å². The third-order valence-electron chi connectivity index (χ3n) is 5.93. The summed E-state index contributed by atoms with van der Waals surface area (Å²) in [7, 11) is 0. The van der Waals surface area contributed by atoms with E-state index >= 15 is 0 Å². The summed E-state index contributed by atoms with van der Waals surface area (Å²) in [6, 6.07) is 4.32. The number of aliphatic imine (C=N–C) groups is 1. The van der Waals surface area contributed by atoms with E-state index in [1.54, 1.807) is 0 Å². The van der Waals surface area contributed by atoms with Crippen molar-refractivity contribution in [2.45, 2.75) is 58.0 Å². The summed E-state index contributed by atoms with van der Waals surface area (Å²) in [4.78, 5) is 16.5. The molecule has 2 atom stereocenters. The number of hydrogen-bond donors (Lipinski definition) is 0. The first kappa shape index (κ1) is 16.2. The Morgan fingerprint density at radius 2 is 2.15 bits per heavy atom. The van der Waals surface area contributed by atoms with Gasteiger partial charge in [0, 0.05) is 43.7 Å². The Bertz CT molecular complexity index is 840. The quantitative estimate of drug-likeness (QED) is 0.843. The van der Waals surface area contributed by atoms with Gasteiger partial charge in [-0.25, -0.2) is 9.97 Å². The van der Waals surface area contributed by atoms with Gasteiger partial charge in [-0.2, -0.15) is 0 Å². The highest BCUT2D eigenvalue weighted by atomic mass is 16.3. The standard InChI is InChI=1S/C21H26N4O/c1-14-10-17(14)20-6-5-16(26-20)13-25-9-7-18-15(12-25)11-23-21(24-18)19-4-2-3-8-22-19/h5-6,11,14,17H,2-4,7-10,12-13H2,1H3. The molecule has 0 aromatic carbocycles. The zero-order chi connectivity index (χ0) is 17.5. The minimum Gasteiger partial charge on any atom is -0.464 e. The third kappa shape index (κ3) is 3.20. The molecule has 2 aromatic heterocycles. The monoisotopic (exact) mass is 350 g/mol. The van der Waals surface area contributed by atoms with Crippen LogP contribution in [0.3, 0.4) is 0 Å². The second-order valence-corrected chi connectivity index (χ2v) is 8.04. The average molecular weight is 350 g/mol. The van der Waals surface area contributed by atoms with Crippen molar-refractivity contribution in [2.24, 2.45) is 10.9 Å². The van der Waals surface area contributed by atoms with E-state index in [-0.39, 0.29) is 0 Å². The third-order valence-corrected chi connectivity index (χ3v) is 5.93. The molecular formula is C21H26N4O. The van der Waals surface area contributed by atoms with E-state index in [1.165, 1.54) is 36.3 Å². The topological polar surface area (TPSA) is 54.5 Å². The molecule has 3 aliphatic rings. The zero-order valence-electron chi connectivity index (χ0n) is 15.4. The molecule has 1 aliphatic carbocycles. The molecule has 0 N–H and O–H groups in total. The number of furan rings is 1. The summed E-state index contributed by atoms with van der Waals surface area (Å²) < 4.78 is 6.08. The van der Waals surface area contributed by atoms with Gasteiger partial charge < -0.3 is 4.42 Å². The molecule has 0 saturated heterocycles. The van der Waals surface area contributed by atoms with Crippen molar-refractivity contribution in [1.29, 1.82) is 0 Å². The molecule has 0 amide bonds. The first-order valence-corrected chi connectivity index (χ1v) is 9.96. The highest BCUT2D eigenvalue weighted by molar-refractivity contribution is 5.97. The molecule has 2 aromatic rings. The van der Waals surface area contributed by atoms with Crippen LogP contribution in [0.15, 0.2) is 27.7 Å². The van der Waals surface area contributed by atoms with Crippen molar-refractivity contribution in [1.82, 2.24) is 14.9 Å². The van der Waals surface area contributed by atoms with Crippen LogP contribution in [0.4, 0.5) is 0 Å². The van der Waals surface area contributed by atoms with Crippen molar-refractivity contribution in [3.8, 4) is 0 Å². The highest BCUT2D eigenvalue weighted by Crippen LogP contribution is 2.47. The molecule has 5 rings (SSSR count). The fraction of sp³-hybridized carbons (Fsp3) is 0.571. The van der Waals surface area contributed by atoms with Gasteiger partial charge in [-0.05, 0) is 43.7 Å². The number of rotatable bonds is 4. The molecule has 5 heteroatoms. The van der Waals surface area contributed by atoms with Crippen molar-refractivity contribution in [2.75, 3.05) is 13.1 Å². The minimum absolute atomic E-state index is 0.653. The summed E-state index contributed by atoms with van der Waals surface area (Å²) in [6.45, 7) is 6.01. The van der Waals surface area contributed by atoms with Gasteiger partial charge in [0.15, 0.2) is 5.82 Å². The predicted octanol–water partition coefficient (Wildman–Crippen LogP) is 3.72. The van der Waals surface area contributed by atoms with Crippen molar-refractivity contribution in [3.05, 3.63) is 46.9 Å². The Balaban J connectivity index is 1.26. The Hall–Kier alpha value is -2.01. The molecule has 1 fully saturated rings. The van der Waals surface area contributed by atoms with Gasteiger partial charge >= 0.3 is 0 Å². The maximum absolute atomic E-state index is 6.08. The van der Waals surface area contributed by atoms with Crippen LogP contribution in [-0.2, 0) is 19.5 Å². The first-order valence-electron chi connectivity index (χ1n) is 9.96. The molecule has 136 valence electrons. The molecule has 0 bridgehead atoms. The molecular weight excluding hydrogens is 324 g/mol. The van der Waals surface area contributed by atoms with E-state index < -0.39 is 0 Å². The Labute approximate surface area is 154 Å². The Kier molecular flexibility index (Phi) is 4.12. The summed E-state index contributed by atoms with van der Waals surface area (Å²) in [6.07, 6.45) is 7.68. The normalized spacial score (nSPS) is 25.7. The van der Waals surface area contributed by atoms with Crippen molar-refractivity contribution >= 4 is 5.71 Å². The van der Waals surface area contributed by atoms with Crippen LogP contribution in [0, 0.1) is 5.92 Å². The van der Waals surface area contributed by atoms with Crippen LogP contribution in [0.5, 0.6) is 0 Å². The summed E-state index contributed by atoms with van der Waals surface area (Å²) in [5.74, 6) is 4.55. The van der Waals surface area contributed by atoms with Gasteiger partial charge in [0.2, 0.25) is 0 Å². The second kappa shape index (κ2) is 6.62. The SMILES string of the molecule is CC1CC1c1ccc(CN2CCc3nc(C4=NCCCC4)ncc3C2)o1. The van der Waals surface area contributed by atoms with Crippen LogP contribution in [0.25, 0.3) is 0 Å². The lowest BCUT2D eigenvalue weighted by Crippen LogP contribution is -2.31. The number of nitrogens with zero attached hydrogens (tertiary/aromatic N) is 4. The Morgan fingerprint density at radius 1 is 1.23 bits per heavy atom. The smallest absolute Gasteiger partial charge is 0.173 e. The van der Waals surface area contributed by atoms with Gasteiger partial charge in [-0.1, -0.05) is 6.92 Å². The van der Waals surface area contributed by atoms with Crippen LogP contribution in [0.1, 0.15) is 67.1 Å². The van der Waals surface area contributed by atoms with E-state index in [1.807, 2.05) is 6.20 Å². The lowest BCUT2D eigenvalue weighted by Gasteiger charge is -2.27. The van der Waals surface area contributed by atoms with Crippen molar-refractivity contribution < 1.29 is 4.42 Å². The maximum atomic E-state index is 6.08. The molecule has 5 nitrogen and oxygen atoms in total. The summed E-state index contributed by atoms with van der Waals surface area (Å²) in [5, 5.41) is 0. The fourth-order valence-electron chi connectivity index (χ4n) is 4.15.